The summed E-state index contributed by atoms with van der Waals surface area (Å²) in [5.74, 6) is 0. The first-order valence-electron chi connectivity index (χ1n) is 5.14. The van der Waals surface area contributed by atoms with Gasteiger partial charge in [-0.1, -0.05) is 35.9 Å². The van der Waals surface area contributed by atoms with Crippen LogP contribution >= 0.6 is 27.5 Å². The largest absolute Gasteiger partial charge is 0.293 e. The molecule has 3 aromatic rings. The molecule has 3 rings (SSSR count). The molecule has 2 aromatic heterocycles. The van der Waals surface area contributed by atoms with Crippen molar-refractivity contribution in [1.29, 1.82) is 0 Å². The molecule has 0 aliphatic carbocycles. The number of imidazole rings is 1. The first-order valence-corrected chi connectivity index (χ1v) is 6.31. The van der Waals surface area contributed by atoms with E-state index in [0.29, 0.717) is 5.02 Å². The monoisotopic (exact) mass is 306 g/mol. The molecular weight excluding hydrogens is 300 g/mol. The Balaban J connectivity index is 2.26. The topological polar surface area (TPSA) is 17.3 Å². The quantitative estimate of drug-likeness (QED) is 0.608. The van der Waals surface area contributed by atoms with Gasteiger partial charge in [-0.3, -0.25) is 4.40 Å². The van der Waals surface area contributed by atoms with Crippen LogP contribution in [0.3, 0.4) is 0 Å². The molecule has 0 fully saturated rings. The zero-order valence-electron chi connectivity index (χ0n) is 8.77. The normalized spacial score (nSPS) is 10.9. The van der Waals surface area contributed by atoms with Gasteiger partial charge in [-0.05, 0) is 34.1 Å². The molecule has 17 heavy (non-hydrogen) atoms. The Morgan fingerprint density at radius 1 is 1.06 bits per heavy atom. The Kier molecular flexibility index (Phi) is 2.65. The molecule has 0 atom stereocenters. The lowest BCUT2D eigenvalue weighted by atomic mass is 10.2. The van der Waals surface area contributed by atoms with Crippen LogP contribution in [-0.4, -0.2) is 9.38 Å². The summed E-state index contributed by atoms with van der Waals surface area (Å²) >= 11 is 9.66. The molecule has 0 spiro atoms. The fourth-order valence-electron chi connectivity index (χ4n) is 1.78. The predicted octanol–water partition coefficient (Wildman–Crippen LogP) is 4.42. The molecule has 84 valence electrons. The Morgan fingerprint density at radius 3 is 2.65 bits per heavy atom. The van der Waals surface area contributed by atoms with E-state index >= 15 is 0 Å². The van der Waals surface area contributed by atoms with Crippen LogP contribution in [0.1, 0.15) is 0 Å². The number of aromatic nitrogens is 2. The average molecular weight is 308 g/mol. The maximum Gasteiger partial charge on any atom is 0.138 e. The van der Waals surface area contributed by atoms with E-state index in [1.54, 1.807) is 0 Å². The third-order valence-corrected chi connectivity index (χ3v) is 3.57. The van der Waals surface area contributed by atoms with Crippen molar-refractivity contribution in [3.05, 3.63) is 58.3 Å². The van der Waals surface area contributed by atoms with Crippen molar-refractivity contribution in [3.63, 3.8) is 0 Å². The average Bonchev–Trinajstić information content (AvgIpc) is 2.75. The minimum absolute atomic E-state index is 0.715. The number of hydrogen-bond donors (Lipinski definition) is 0. The number of hydrogen-bond acceptors (Lipinski definition) is 1. The minimum Gasteiger partial charge on any atom is -0.293 e. The number of pyridine rings is 1. The zero-order chi connectivity index (χ0) is 11.8. The summed E-state index contributed by atoms with van der Waals surface area (Å²) in [7, 11) is 0. The molecule has 2 nitrogen and oxygen atoms in total. The predicted molar refractivity (Wildman–Crippen MR) is 73.3 cm³/mol. The van der Waals surface area contributed by atoms with Gasteiger partial charge in [0, 0.05) is 11.8 Å². The summed E-state index contributed by atoms with van der Waals surface area (Å²) in [4.78, 5) is 4.55. The van der Waals surface area contributed by atoms with Gasteiger partial charge >= 0.3 is 0 Å². The molecule has 0 saturated heterocycles. The van der Waals surface area contributed by atoms with Gasteiger partial charge in [0.25, 0.3) is 0 Å². The van der Waals surface area contributed by atoms with Crippen LogP contribution in [0.4, 0.5) is 0 Å². The summed E-state index contributed by atoms with van der Waals surface area (Å²) in [6.45, 7) is 0. The van der Waals surface area contributed by atoms with Crippen LogP contribution in [0.25, 0.3) is 16.9 Å². The summed E-state index contributed by atoms with van der Waals surface area (Å²) in [5, 5.41) is 0.715. The number of benzene rings is 1. The van der Waals surface area contributed by atoms with Crippen LogP contribution in [-0.2, 0) is 0 Å². The summed E-state index contributed by atoms with van der Waals surface area (Å²) in [5.41, 5.74) is 2.72. The van der Waals surface area contributed by atoms with Crippen LogP contribution < -0.4 is 0 Å². The van der Waals surface area contributed by atoms with Crippen LogP contribution in [0, 0.1) is 0 Å². The lowest BCUT2D eigenvalue weighted by molar-refractivity contribution is 1.14. The second kappa shape index (κ2) is 4.17. The first kappa shape index (κ1) is 10.8. The summed E-state index contributed by atoms with van der Waals surface area (Å²) in [6, 6.07) is 13.6. The number of rotatable bonds is 1. The van der Waals surface area contributed by atoms with Crippen molar-refractivity contribution in [1.82, 2.24) is 9.38 Å². The van der Waals surface area contributed by atoms with E-state index in [2.05, 4.69) is 20.9 Å². The van der Waals surface area contributed by atoms with Crippen molar-refractivity contribution >= 4 is 33.2 Å². The van der Waals surface area contributed by atoms with E-state index in [-0.39, 0.29) is 0 Å². The fraction of sp³-hybridized carbons (Fsp3) is 0. The van der Waals surface area contributed by atoms with Crippen molar-refractivity contribution in [2.24, 2.45) is 0 Å². The first-order chi connectivity index (χ1) is 8.25. The maximum absolute atomic E-state index is 6.17. The standard InChI is InChI=1S/C13H8BrClN2/c14-12-6-3-7-13-16-11(8-17(12)13)9-4-1-2-5-10(9)15/h1-8H. The van der Waals surface area contributed by atoms with Crippen LogP contribution in [0.5, 0.6) is 0 Å². The molecule has 0 amide bonds. The van der Waals surface area contributed by atoms with Crippen molar-refractivity contribution in [2.45, 2.75) is 0 Å². The highest BCUT2D eigenvalue weighted by Gasteiger charge is 2.08. The third-order valence-electron chi connectivity index (χ3n) is 2.59. The van der Waals surface area contributed by atoms with Crippen molar-refractivity contribution in [2.75, 3.05) is 0 Å². The lowest BCUT2D eigenvalue weighted by Crippen LogP contribution is -1.82. The third kappa shape index (κ3) is 1.85. The Morgan fingerprint density at radius 2 is 1.88 bits per heavy atom. The Labute approximate surface area is 112 Å². The summed E-state index contributed by atoms with van der Waals surface area (Å²) in [6.07, 6.45) is 1.97. The molecule has 0 saturated carbocycles. The van der Waals surface area contributed by atoms with Gasteiger partial charge in [0.2, 0.25) is 0 Å². The highest BCUT2D eigenvalue weighted by molar-refractivity contribution is 9.10. The van der Waals surface area contributed by atoms with Crippen molar-refractivity contribution < 1.29 is 0 Å². The maximum atomic E-state index is 6.17. The van der Waals surface area contributed by atoms with Gasteiger partial charge in [0.1, 0.15) is 5.65 Å². The lowest BCUT2D eigenvalue weighted by Gasteiger charge is -1.98. The molecule has 0 aliphatic rings. The second-order valence-corrected chi connectivity index (χ2v) is 4.90. The Hall–Kier alpha value is -1.32. The van der Waals surface area contributed by atoms with E-state index in [1.165, 1.54) is 0 Å². The van der Waals surface area contributed by atoms with E-state index in [9.17, 15) is 0 Å². The van der Waals surface area contributed by atoms with Gasteiger partial charge < -0.3 is 0 Å². The molecule has 1 aromatic carbocycles. The van der Waals surface area contributed by atoms with Crippen molar-refractivity contribution in [3.8, 4) is 11.3 Å². The van der Waals surface area contributed by atoms with E-state index in [4.69, 9.17) is 11.6 Å². The molecule has 0 N–H and O–H groups in total. The highest BCUT2D eigenvalue weighted by atomic mass is 79.9. The second-order valence-electron chi connectivity index (χ2n) is 3.68. The minimum atomic E-state index is 0.715. The van der Waals surface area contributed by atoms with Gasteiger partial charge in [0.15, 0.2) is 0 Å². The number of halogens is 2. The molecule has 0 bridgehead atoms. The highest BCUT2D eigenvalue weighted by Crippen LogP contribution is 2.27. The molecule has 2 heterocycles. The number of nitrogens with zero attached hydrogens (tertiary/aromatic N) is 2. The van der Waals surface area contributed by atoms with Gasteiger partial charge in [0.05, 0.1) is 15.3 Å². The van der Waals surface area contributed by atoms with Gasteiger partial charge in [-0.15, -0.1) is 0 Å². The van der Waals surface area contributed by atoms with Crippen LogP contribution in [0.2, 0.25) is 5.02 Å². The smallest absolute Gasteiger partial charge is 0.138 e. The summed E-state index contributed by atoms with van der Waals surface area (Å²) < 4.78 is 2.96. The molecular formula is C13H8BrClN2. The van der Waals surface area contributed by atoms with E-state index in [1.807, 2.05) is 53.1 Å². The SMILES string of the molecule is Clc1ccccc1-c1cn2c(Br)cccc2n1. The fourth-order valence-corrected chi connectivity index (χ4v) is 2.45. The molecule has 4 heteroatoms. The van der Waals surface area contributed by atoms with Gasteiger partial charge in [-0.2, -0.15) is 0 Å². The Bertz CT molecular complexity index is 691. The van der Waals surface area contributed by atoms with E-state index < -0.39 is 0 Å². The molecule has 0 unspecified atom stereocenters. The number of fused-ring (bicyclic) bond motifs is 1. The zero-order valence-corrected chi connectivity index (χ0v) is 11.1. The molecule has 0 aliphatic heterocycles. The van der Waals surface area contributed by atoms with Gasteiger partial charge in [-0.25, -0.2) is 4.98 Å². The molecule has 0 radical (unpaired) electrons. The van der Waals surface area contributed by atoms with Crippen LogP contribution in [0.15, 0.2) is 53.3 Å². The van der Waals surface area contributed by atoms with E-state index in [0.717, 1.165) is 21.5 Å².